The highest BCUT2D eigenvalue weighted by atomic mass is 35.5. The van der Waals surface area contributed by atoms with Gasteiger partial charge in [0.05, 0.1) is 22.5 Å². The number of benzene rings is 3. The van der Waals surface area contributed by atoms with Crippen molar-refractivity contribution in [1.82, 2.24) is 15.1 Å². The number of aliphatic carboxylic acids is 1. The molecule has 3 aromatic rings. The minimum atomic E-state index is -1.41. The van der Waals surface area contributed by atoms with E-state index < -0.39 is 48.3 Å². The van der Waals surface area contributed by atoms with Crippen LogP contribution in [0.4, 0.5) is 14.9 Å². The lowest BCUT2D eigenvalue weighted by Crippen LogP contribution is -2.55. The van der Waals surface area contributed by atoms with Crippen LogP contribution < -0.4 is 10.6 Å². The van der Waals surface area contributed by atoms with Crippen LogP contribution in [0.15, 0.2) is 66.7 Å². The molecule has 0 saturated carbocycles. The van der Waals surface area contributed by atoms with Gasteiger partial charge in [0.15, 0.2) is 6.17 Å². The summed E-state index contributed by atoms with van der Waals surface area (Å²) in [5, 5.41) is 15.3. The molecule has 2 unspecified atom stereocenters. The maximum atomic E-state index is 13.7. The van der Waals surface area contributed by atoms with Crippen LogP contribution >= 0.6 is 23.2 Å². The van der Waals surface area contributed by atoms with Gasteiger partial charge in [-0.2, -0.15) is 0 Å². The van der Waals surface area contributed by atoms with Gasteiger partial charge in [-0.15, -0.1) is 0 Å². The summed E-state index contributed by atoms with van der Waals surface area (Å²) in [6.07, 6.45) is -1.92. The van der Waals surface area contributed by atoms with Crippen LogP contribution in [0.25, 0.3) is 0 Å². The predicted octanol–water partition coefficient (Wildman–Crippen LogP) is 5.09. The Hall–Kier alpha value is -4.15. The molecule has 3 aromatic carbocycles. The zero-order valence-corrected chi connectivity index (χ0v) is 22.7. The maximum absolute atomic E-state index is 13.7. The molecule has 0 bridgehead atoms. The Bertz CT molecular complexity index is 1450. The fourth-order valence-electron chi connectivity index (χ4n) is 4.42. The second-order valence-corrected chi connectivity index (χ2v) is 10.0. The third kappa shape index (κ3) is 6.70. The van der Waals surface area contributed by atoms with E-state index in [0.717, 1.165) is 17.7 Å². The Kier molecular flexibility index (Phi) is 8.91. The highest BCUT2D eigenvalue weighted by molar-refractivity contribution is 6.42. The number of anilines is 1. The first-order chi connectivity index (χ1) is 19.0. The number of nitrogens with one attached hydrogen (secondary N) is 2. The second-order valence-electron chi connectivity index (χ2n) is 9.20. The number of carboxylic acids is 1. The van der Waals surface area contributed by atoms with E-state index in [1.807, 2.05) is 13.0 Å². The van der Waals surface area contributed by atoms with Gasteiger partial charge < -0.3 is 20.6 Å². The summed E-state index contributed by atoms with van der Waals surface area (Å²) in [4.78, 5) is 54.6. The molecule has 0 radical (unpaired) electrons. The summed E-state index contributed by atoms with van der Waals surface area (Å²) in [5.74, 6) is -2.99. The SMILES string of the molecule is Cc1cccc(C(=O)N2CCN(C(=O)Nc3ccc(Cl)c(Cl)c3)C2C(=O)NC(CC(=O)O)c2ccc(F)cc2)c1. The quantitative estimate of drug-likeness (QED) is 0.356. The van der Waals surface area contributed by atoms with Gasteiger partial charge in [0.25, 0.3) is 11.8 Å². The first-order valence-corrected chi connectivity index (χ1v) is 13.0. The zero-order chi connectivity index (χ0) is 29.0. The molecule has 9 nitrogen and oxygen atoms in total. The van der Waals surface area contributed by atoms with Crippen molar-refractivity contribution in [3.05, 3.63) is 99.3 Å². The van der Waals surface area contributed by atoms with Crippen molar-refractivity contribution in [3.8, 4) is 0 Å². The van der Waals surface area contributed by atoms with Gasteiger partial charge in [0.1, 0.15) is 5.82 Å². The van der Waals surface area contributed by atoms with Crippen LogP contribution in [0.1, 0.15) is 33.9 Å². The van der Waals surface area contributed by atoms with Crippen LogP contribution in [-0.2, 0) is 9.59 Å². The molecule has 0 aliphatic carbocycles. The van der Waals surface area contributed by atoms with E-state index in [-0.39, 0.29) is 18.1 Å². The lowest BCUT2D eigenvalue weighted by Gasteiger charge is -2.31. The summed E-state index contributed by atoms with van der Waals surface area (Å²) in [6.45, 7) is 1.88. The van der Waals surface area contributed by atoms with Crippen LogP contribution in [0.5, 0.6) is 0 Å². The minimum Gasteiger partial charge on any atom is -0.481 e. The van der Waals surface area contributed by atoms with Crippen LogP contribution in [0.2, 0.25) is 10.0 Å². The average Bonchev–Trinajstić information content (AvgIpc) is 3.36. The molecule has 1 aliphatic heterocycles. The smallest absolute Gasteiger partial charge is 0.323 e. The first kappa shape index (κ1) is 28.8. The van der Waals surface area contributed by atoms with E-state index in [1.54, 1.807) is 18.2 Å². The zero-order valence-electron chi connectivity index (χ0n) is 21.2. The van der Waals surface area contributed by atoms with E-state index in [2.05, 4.69) is 10.6 Å². The number of carboxylic acid groups (broad SMARTS) is 1. The minimum absolute atomic E-state index is 0.0168. The van der Waals surface area contributed by atoms with Gasteiger partial charge in [0, 0.05) is 24.3 Å². The maximum Gasteiger partial charge on any atom is 0.323 e. The fraction of sp³-hybridized carbons (Fsp3) is 0.214. The summed E-state index contributed by atoms with van der Waals surface area (Å²) < 4.78 is 13.5. The summed E-state index contributed by atoms with van der Waals surface area (Å²) in [6, 6.07) is 14.6. The average molecular weight is 587 g/mol. The summed E-state index contributed by atoms with van der Waals surface area (Å²) >= 11 is 12.0. The molecule has 208 valence electrons. The van der Waals surface area contributed by atoms with Gasteiger partial charge in [-0.05, 0) is 55.0 Å². The number of carbonyl (C=O) groups excluding carboxylic acids is 3. The first-order valence-electron chi connectivity index (χ1n) is 12.2. The molecule has 1 fully saturated rings. The molecule has 1 saturated heterocycles. The summed E-state index contributed by atoms with van der Waals surface area (Å²) in [7, 11) is 0. The van der Waals surface area contributed by atoms with E-state index >= 15 is 0 Å². The highest BCUT2D eigenvalue weighted by Gasteiger charge is 2.43. The number of rotatable bonds is 7. The van der Waals surface area contributed by atoms with Crippen LogP contribution in [0.3, 0.4) is 0 Å². The normalized spacial score (nSPS) is 15.4. The molecule has 1 heterocycles. The third-order valence-electron chi connectivity index (χ3n) is 6.33. The topological polar surface area (TPSA) is 119 Å². The monoisotopic (exact) mass is 586 g/mol. The number of aryl methyl sites for hydroxylation is 1. The Balaban J connectivity index is 1.65. The molecular formula is C28H25Cl2FN4O5. The summed E-state index contributed by atoms with van der Waals surface area (Å²) in [5.41, 5.74) is 1.82. The largest absolute Gasteiger partial charge is 0.481 e. The number of carbonyl (C=O) groups is 4. The van der Waals surface area contributed by atoms with Gasteiger partial charge in [-0.3, -0.25) is 19.3 Å². The number of amides is 4. The Morgan fingerprint density at radius 2 is 1.68 bits per heavy atom. The molecule has 4 amide bonds. The van der Waals surface area contributed by atoms with Crippen LogP contribution in [-0.4, -0.2) is 58.0 Å². The molecule has 4 rings (SSSR count). The van der Waals surface area contributed by atoms with Gasteiger partial charge in [0.2, 0.25) is 0 Å². The molecule has 12 heteroatoms. The van der Waals surface area contributed by atoms with Crippen molar-refractivity contribution in [2.75, 3.05) is 18.4 Å². The lowest BCUT2D eigenvalue weighted by atomic mass is 10.0. The van der Waals surface area contributed by atoms with Crippen molar-refractivity contribution in [2.45, 2.75) is 25.6 Å². The second kappa shape index (κ2) is 12.4. The van der Waals surface area contributed by atoms with Gasteiger partial charge in [-0.1, -0.05) is 53.0 Å². The predicted molar refractivity (Wildman–Crippen MR) is 148 cm³/mol. The van der Waals surface area contributed by atoms with Crippen molar-refractivity contribution in [3.63, 3.8) is 0 Å². The van der Waals surface area contributed by atoms with Gasteiger partial charge >= 0.3 is 12.0 Å². The molecule has 0 spiro atoms. The number of urea groups is 1. The van der Waals surface area contributed by atoms with Crippen molar-refractivity contribution < 1.29 is 28.7 Å². The molecule has 1 aliphatic rings. The fourth-order valence-corrected chi connectivity index (χ4v) is 4.72. The van der Waals surface area contributed by atoms with E-state index in [4.69, 9.17) is 23.2 Å². The van der Waals surface area contributed by atoms with Crippen LogP contribution in [0, 0.1) is 12.7 Å². The van der Waals surface area contributed by atoms with Crippen molar-refractivity contribution in [2.24, 2.45) is 0 Å². The van der Waals surface area contributed by atoms with Crippen molar-refractivity contribution in [1.29, 1.82) is 0 Å². The van der Waals surface area contributed by atoms with Gasteiger partial charge in [-0.25, -0.2) is 9.18 Å². The molecular weight excluding hydrogens is 562 g/mol. The van der Waals surface area contributed by atoms with Crippen molar-refractivity contribution >= 4 is 52.7 Å². The number of hydrogen-bond donors (Lipinski definition) is 3. The Labute approximate surface area is 239 Å². The van der Waals surface area contributed by atoms with E-state index in [1.165, 1.54) is 40.1 Å². The van der Waals surface area contributed by atoms with E-state index in [0.29, 0.717) is 21.8 Å². The molecule has 2 atom stereocenters. The number of nitrogens with zero attached hydrogens (tertiary/aromatic N) is 2. The Morgan fingerprint density at radius 1 is 0.975 bits per heavy atom. The lowest BCUT2D eigenvalue weighted by molar-refractivity contribution is -0.138. The Morgan fingerprint density at radius 3 is 2.33 bits per heavy atom. The molecule has 0 aromatic heterocycles. The molecule has 3 N–H and O–H groups in total. The molecule has 40 heavy (non-hydrogen) atoms. The third-order valence-corrected chi connectivity index (χ3v) is 7.07. The number of halogens is 3. The van der Waals surface area contributed by atoms with E-state index in [9.17, 15) is 28.7 Å². The number of hydrogen-bond acceptors (Lipinski definition) is 4. The standard InChI is InChI=1S/C28H25Cl2FN4O5/c1-16-3-2-4-18(13-16)27(39)34-11-12-35(28(40)32-20-9-10-21(29)22(30)14-20)26(34)25(38)33-23(15-24(36)37)17-5-7-19(31)8-6-17/h2-10,13-14,23,26H,11-12,15H2,1H3,(H,32,40)(H,33,38)(H,36,37). The highest BCUT2D eigenvalue weighted by Crippen LogP contribution is 2.27.